The van der Waals surface area contributed by atoms with E-state index in [2.05, 4.69) is 4.98 Å². The fourth-order valence-electron chi connectivity index (χ4n) is 2.22. The molecule has 0 atom stereocenters. The quantitative estimate of drug-likeness (QED) is 0.455. The highest BCUT2D eigenvalue weighted by atomic mass is 32.1. The zero-order chi connectivity index (χ0) is 15.0. The molecule has 21 heavy (non-hydrogen) atoms. The number of nitro groups is 1. The molecule has 1 aromatic carbocycles. The first kappa shape index (κ1) is 13.3. The number of aromatic amines is 1. The fourth-order valence-corrected chi connectivity index (χ4v) is 3.04. The summed E-state index contributed by atoms with van der Waals surface area (Å²) >= 11 is 1.28. The first-order valence-electron chi connectivity index (χ1n) is 6.04. The summed E-state index contributed by atoms with van der Waals surface area (Å²) in [7, 11) is 1.50. The van der Waals surface area contributed by atoms with Crippen LogP contribution in [0.25, 0.3) is 10.9 Å². The molecule has 0 amide bonds. The number of ketones is 1. The Labute approximate surface area is 123 Å². The lowest BCUT2D eigenvalue weighted by Gasteiger charge is -2.01. The molecule has 6 nitrogen and oxygen atoms in total. The monoisotopic (exact) mass is 302 g/mol. The van der Waals surface area contributed by atoms with E-state index in [0.29, 0.717) is 27.1 Å². The third-order valence-corrected chi connectivity index (χ3v) is 4.08. The number of nitro benzene ring substituents is 1. The lowest BCUT2D eigenvalue weighted by atomic mass is 10.1. The average Bonchev–Trinajstić information content (AvgIpc) is 3.12. The summed E-state index contributed by atoms with van der Waals surface area (Å²) in [6.45, 7) is 0. The van der Waals surface area contributed by atoms with E-state index >= 15 is 0 Å². The van der Waals surface area contributed by atoms with Crippen LogP contribution in [-0.2, 0) is 0 Å². The van der Waals surface area contributed by atoms with Gasteiger partial charge in [-0.2, -0.15) is 0 Å². The van der Waals surface area contributed by atoms with Gasteiger partial charge in [-0.3, -0.25) is 14.9 Å². The van der Waals surface area contributed by atoms with Crippen LogP contribution in [0.4, 0.5) is 5.69 Å². The van der Waals surface area contributed by atoms with Crippen LogP contribution in [-0.4, -0.2) is 22.8 Å². The van der Waals surface area contributed by atoms with Crippen LogP contribution in [0, 0.1) is 10.1 Å². The third-order valence-electron chi connectivity index (χ3n) is 3.19. The molecule has 2 aromatic heterocycles. The molecule has 0 fully saturated rings. The highest BCUT2D eigenvalue weighted by molar-refractivity contribution is 7.12. The van der Waals surface area contributed by atoms with E-state index in [-0.39, 0.29) is 11.5 Å². The molecule has 3 aromatic rings. The van der Waals surface area contributed by atoms with E-state index in [4.69, 9.17) is 4.74 Å². The number of non-ortho nitro benzene ring substituents is 1. The van der Waals surface area contributed by atoms with Crippen molar-refractivity contribution < 1.29 is 14.5 Å². The minimum absolute atomic E-state index is 0.0512. The zero-order valence-corrected chi connectivity index (χ0v) is 11.8. The predicted molar refractivity (Wildman–Crippen MR) is 79.3 cm³/mol. The van der Waals surface area contributed by atoms with Crippen molar-refractivity contribution in [3.05, 3.63) is 56.4 Å². The van der Waals surface area contributed by atoms with E-state index in [1.807, 2.05) is 0 Å². The lowest BCUT2D eigenvalue weighted by Crippen LogP contribution is -2.00. The standard InChI is InChI=1S/C14H10N2O4S/c1-20-11-5-6-21-14(11)13(17)9-7-15-12-8(9)3-2-4-10(12)16(18)19/h2-7,15H,1H3. The zero-order valence-electron chi connectivity index (χ0n) is 11.0. The largest absolute Gasteiger partial charge is 0.495 e. The summed E-state index contributed by atoms with van der Waals surface area (Å²) in [5, 5.41) is 13.3. The smallest absolute Gasteiger partial charge is 0.293 e. The summed E-state index contributed by atoms with van der Waals surface area (Å²) in [5.74, 6) is 0.290. The lowest BCUT2D eigenvalue weighted by molar-refractivity contribution is -0.383. The minimum Gasteiger partial charge on any atom is -0.495 e. The Morgan fingerprint density at radius 3 is 2.90 bits per heavy atom. The van der Waals surface area contributed by atoms with Crippen molar-refractivity contribution >= 4 is 33.7 Å². The molecule has 1 N–H and O–H groups in total. The molecule has 0 unspecified atom stereocenters. The van der Waals surface area contributed by atoms with Gasteiger partial charge in [-0.1, -0.05) is 12.1 Å². The van der Waals surface area contributed by atoms with Crippen LogP contribution in [0.1, 0.15) is 15.2 Å². The highest BCUT2D eigenvalue weighted by Gasteiger charge is 2.22. The molecule has 106 valence electrons. The maximum absolute atomic E-state index is 12.6. The molecular formula is C14H10N2O4S. The van der Waals surface area contributed by atoms with E-state index in [1.165, 1.54) is 30.7 Å². The second-order valence-corrected chi connectivity index (χ2v) is 5.22. The highest BCUT2D eigenvalue weighted by Crippen LogP contribution is 2.32. The van der Waals surface area contributed by atoms with Gasteiger partial charge < -0.3 is 9.72 Å². The number of hydrogen-bond acceptors (Lipinski definition) is 5. The molecule has 7 heteroatoms. The number of carbonyl (C=O) groups is 1. The van der Waals surface area contributed by atoms with Crippen molar-refractivity contribution in [1.29, 1.82) is 0 Å². The number of carbonyl (C=O) groups excluding carboxylic acids is 1. The van der Waals surface area contributed by atoms with Crippen LogP contribution in [0.2, 0.25) is 0 Å². The van der Waals surface area contributed by atoms with E-state index in [9.17, 15) is 14.9 Å². The topological polar surface area (TPSA) is 85.2 Å². The number of thiophene rings is 1. The van der Waals surface area contributed by atoms with Gasteiger partial charge in [-0.15, -0.1) is 11.3 Å². The fraction of sp³-hybridized carbons (Fsp3) is 0.0714. The van der Waals surface area contributed by atoms with Crippen molar-refractivity contribution in [2.45, 2.75) is 0 Å². The molecule has 0 spiro atoms. The number of methoxy groups -OCH3 is 1. The van der Waals surface area contributed by atoms with Crippen molar-refractivity contribution in [1.82, 2.24) is 4.98 Å². The number of benzene rings is 1. The number of H-pyrrole nitrogens is 1. The van der Waals surface area contributed by atoms with Crippen LogP contribution in [0.5, 0.6) is 5.75 Å². The first-order valence-corrected chi connectivity index (χ1v) is 6.92. The SMILES string of the molecule is COc1ccsc1C(=O)c1c[nH]c2c([N+](=O)[O-])cccc12. The Morgan fingerprint density at radius 2 is 2.19 bits per heavy atom. The van der Waals surface area contributed by atoms with Gasteiger partial charge in [0.2, 0.25) is 5.78 Å². The van der Waals surface area contributed by atoms with Crippen molar-refractivity contribution in [3.63, 3.8) is 0 Å². The van der Waals surface area contributed by atoms with E-state index < -0.39 is 4.92 Å². The molecule has 3 rings (SSSR count). The summed E-state index contributed by atoms with van der Waals surface area (Å²) in [6, 6.07) is 6.37. The Kier molecular flexibility index (Phi) is 3.19. The van der Waals surface area contributed by atoms with Gasteiger partial charge in [0.05, 0.1) is 12.0 Å². The second-order valence-electron chi connectivity index (χ2n) is 4.31. The van der Waals surface area contributed by atoms with Crippen LogP contribution in [0.3, 0.4) is 0 Å². The number of ether oxygens (including phenoxy) is 1. The summed E-state index contributed by atoms with van der Waals surface area (Å²) < 4.78 is 5.15. The molecular weight excluding hydrogens is 292 g/mol. The first-order chi connectivity index (χ1) is 10.1. The Morgan fingerprint density at radius 1 is 1.38 bits per heavy atom. The third kappa shape index (κ3) is 2.07. The van der Waals surface area contributed by atoms with Gasteiger partial charge in [0.1, 0.15) is 16.1 Å². The average molecular weight is 302 g/mol. The van der Waals surface area contributed by atoms with Crippen LogP contribution >= 0.6 is 11.3 Å². The number of para-hydroxylation sites is 1. The van der Waals surface area contributed by atoms with Crippen LogP contribution in [0.15, 0.2) is 35.8 Å². The van der Waals surface area contributed by atoms with Gasteiger partial charge in [0.15, 0.2) is 0 Å². The Bertz CT molecular complexity index is 850. The molecule has 2 heterocycles. The van der Waals surface area contributed by atoms with Gasteiger partial charge in [-0.05, 0) is 11.4 Å². The molecule has 0 aliphatic carbocycles. The van der Waals surface area contributed by atoms with Gasteiger partial charge in [0.25, 0.3) is 5.69 Å². The molecule has 0 saturated carbocycles. The normalized spacial score (nSPS) is 10.7. The molecule has 0 aliphatic heterocycles. The predicted octanol–water partition coefficient (Wildman–Crippen LogP) is 3.38. The second kappa shape index (κ2) is 5.02. The number of nitrogens with one attached hydrogen (secondary N) is 1. The number of fused-ring (bicyclic) bond motifs is 1. The number of nitrogens with zero attached hydrogens (tertiary/aromatic N) is 1. The molecule has 0 saturated heterocycles. The Balaban J connectivity index is 2.16. The summed E-state index contributed by atoms with van der Waals surface area (Å²) in [6.07, 6.45) is 1.50. The van der Waals surface area contributed by atoms with E-state index in [0.717, 1.165) is 0 Å². The molecule has 0 radical (unpaired) electrons. The Hall–Kier alpha value is -2.67. The van der Waals surface area contributed by atoms with E-state index in [1.54, 1.807) is 23.6 Å². The van der Waals surface area contributed by atoms with Crippen LogP contribution < -0.4 is 4.74 Å². The van der Waals surface area contributed by atoms with Gasteiger partial charge in [0, 0.05) is 23.2 Å². The van der Waals surface area contributed by atoms with Gasteiger partial charge >= 0.3 is 0 Å². The number of hydrogen-bond donors (Lipinski definition) is 1. The van der Waals surface area contributed by atoms with Crippen molar-refractivity contribution in [3.8, 4) is 5.75 Å². The van der Waals surface area contributed by atoms with Crippen molar-refractivity contribution in [2.75, 3.05) is 7.11 Å². The maximum Gasteiger partial charge on any atom is 0.293 e. The number of aromatic nitrogens is 1. The maximum atomic E-state index is 12.6. The number of rotatable bonds is 4. The van der Waals surface area contributed by atoms with Gasteiger partial charge in [-0.25, -0.2) is 0 Å². The summed E-state index contributed by atoms with van der Waals surface area (Å²) in [4.78, 5) is 26.4. The minimum atomic E-state index is -0.473. The molecule has 0 aliphatic rings. The summed E-state index contributed by atoms with van der Waals surface area (Å²) in [5.41, 5.74) is 0.695. The molecule has 0 bridgehead atoms. The van der Waals surface area contributed by atoms with Crippen molar-refractivity contribution in [2.24, 2.45) is 0 Å².